The molecule has 0 spiro atoms. The van der Waals surface area contributed by atoms with E-state index in [4.69, 9.17) is 0 Å². The molecule has 2 heterocycles. The quantitative estimate of drug-likeness (QED) is 0.839. The predicted octanol–water partition coefficient (Wildman–Crippen LogP) is 0.655. The van der Waals surface area contributed by atoms with Crippen LogP contribution in [-0.4, -0.2) is 38.9 Å². The number of anilines is 1. The van der Waals surface area contributed by atoms with Crippen LogP contribution in [0.3, 0.4) is 0 Å². The van der Waals surface area contributed by atoms with Crippen molar-refractivity contribution in [2.24, 2.45) is 7.05 Å². The molecule has 2 aromatic rings. The van der Waals surface area contributed by atoms with E-state index in [0.717, 1.165) is 4.90 Å². The fourth-order valence-electron chi connectivity index (χ4n) is 2.21. The Morgan fingerprint density at radius 3 is 2.29 bits per heavy atom. The van der Waals surface area contributed by atoms with E-state index >= 15 is 0 Å². The topological polar surface area (TPSA) is 84.3 Å². The van der Waals surface area contributed by atoms with Gasteiger partial charge in [-0.1, -0.05) is 12.1 Å². The smallest absolute Gasteiger partial charge is 0.262 e. The van der Waals surface area contributed by atoms with E-state index in [9.17, 15) is 14.4 Å². The van der Waals surface area contributed by atoms with Gasteiger partial charge in [-0.2, -0.15) is 5.10 Å². The third-order valence-electron chi connectivity index (χ3n) is 3.27. The van der Waals surface area contributed by atoms with Crippen LogP contribution in [0.1, 0.15) is 20.7 Å². The minimum absolute atomic E-state index is 0.322. The standard InChI is InChI=1S/C14H12N4O3/c1-17-11(6-7-15-17)16-12(19)8-18-13(20)9-4-2-3-5-10(9)14(18)21/h2-7H,8H2,1H3,(H,16,19). The van der Waals surface area contributed by atoms with E-state index in [0.29, 0.717) is 16.9 Å². The van der Waals surface area contributed by atoms with Crippen molar-refractivity contribution in [3.05, 3.63) is 47.7 Å². The van der Waals surface area contributed by atoms with Crippen molar-refractivity contribution < 1.29 is 14.4 Å². The molecule has 1 aromatic carbocycles. The van der Waals surface area contributed by atoms with Crippen molar-refractivity contribution in [3.8, 4) is 0 Å². The maximum absolute atomic E-state index is 12.1. The number of fused-ring (bicyclic) bond motifs is 1. The van der Waals surface area contributed by atoms with Gasteiger partial charge in [0.2, 0.25) is 5.91 Å². The summed E-state index contributed by atoms with van der Waals surface area (Å²) in [6, 6.07) is 8.15. The van der Waals surface area contributed by atoms with Gasteiger partial charge in [0, 0.05) is 13.1 Å². The first-order valence-electron chi connectivity index (χ1n) is 6.31. The lowest BCUT2D eigenvalue weighted by Crippen LogP contribution is -2.37. The summed E-state index contributed by atoms with van der Waals surface area (Å²) in [5.41, 5.74) is 0.659. The molecule has 1 aromatic heterocycles. The molecule has 7 heteroatoms. The van der Waals surface area contributed by atoms with E-state index in [1.54, 1.807) is 37.4 Å². The fourth-order valence-corrected chi connectivity index (χ4v) is 2.21. The molecule has 0 bridgehead atoms. The highest BCUT2D eigenvalue weighted by molar-refractivity contribution is 6.22. The van der Waals surface area contributed by atoms with Gasteiger partial charge in [-0.15, -0.1) is 0 Å². The second-order valence-electron chi connectivity index (χ2n) is 4.63. The van der Waals surface area contributed by atoms with Crippen molar-refractivity contribution >= 4 is 23.5 Å². The molecule has 1 aliphatic heterocycles. The van der Waals surface area contributed by atoms with E-state index in [-0.39, 0.29) is 6.54 Å². The van der Waals surface area contributed by atoms with Crippen LogP contribution in [0.5, 0.6) is 0 Å². The Balaban J connectivity index is 1.75. The van der Waals surface area contributed by atoms with E-state index < -0.39 is 17.7 Å². The van der Waals surface area contributed by atoms with E-state index in [1.807, 2.05) is 0 Å². The number of imide groups is 1. The van der Waals surface area contributed by atoms with Crippen LogP contribution in [0.2, 0.25) is 0 Å². The third-order valence-corrected chi connectivity index (χ3v) is 3.27. The van der Waals surface area contributed by atoms with Gasteiger partial charge in [-0.3, -0.25) is 24.0 Å². The number of carbonyl (C=O) groups is 3. The Morgan fingerprint density at radius 2 is 1.76 bits per heavy atom. The second kappa shape index (κ2) is 4.86. The molecule has 0 radical (unpaired) electrons. The molecule has 0 saturated heterocycles. The summed E-state index contributed by atoms with van der Waals surface area (Å²) in [7, 11) is 1.68. The van der Waals surface area contributed by atoms with Crippen molar-refractivity contribution in [2.75, 3.05) is 11.9 Å². The van der Waals surface area contributed by atoms with Gasteiger partial charge in [0.1, 0.15) is 12.4 Å². The highest BCUT2D eigenvalue weighted by Crippen LogP contribution is 2.22. The molecular formula is C14H12N4O3. The molecule has 0 atom stereocenters. The molecule has 1 aliphatic rings. The van der Waals surface area contributed by atoms with Crippen molar-refractivity contribution in [1.82, 2.24) is 14.7 Å². The number of benzene rings is 1. The Kier molecular flexibility index (Phi) is 3.02. The molecule has 0 unspecified atom stereocenters. The summed E-state index contributed by atoms with van der Waals surface area (Å²) in [5.74, 6) is -0.851. The highest BCUT2D eigenvalue weighted by atomic mass is 16.2. The highest BCUT2D eigenvalue weighted by Gasteiger charge is 2.36. The number of aromatic nitrogens is 2. The molecule has 7 nitrogen and oxygen atoms in total. The lowest BCUT2D eigenvalue weighted by atomic mass is 10.1. The Morgan fingerprint density at radius 1 is 1.14 bits per heavy atom. The molecule has 1 N–H and O–H groups in total. The summed E-state index contributed by atoms with van der Waals surface area (Å²) < 4.78 is 1.49. The van der Waals surface area contributed by atoms with Crippen LogP contribution in [-0.2, 0) is 11.8 Å². The summed E-state index contributed by atoms with van der Waals surface area (Å²) >= 11 is 0. The Labute approximate surface area is 120 Å². The van der Waals surface area contributed by atoms with Crippen LogP contribution in [0, 0.1) is 0 Å². The number of nitrogens with one attached hydrogen (secondary N) is 1. The molecule has 3 amide bonds. The maximum Gasteiger partial charge on any atom is 0.262 e. The Hall–Kier alpha value is -2.96. The zero-order chi connectivity index (χ0) is 15.0. The monoisotopic (exact) mass is 284 g/mol. The van der Waals surface area contributed by atoms with Gasteiger partial charge >= 0.3 is 0 Å². The largest absolute Gasteiger partial charge is 0.309 e. The predicted molar refractivity (Wildman–Crippen MR) is 73.6 cm³/mol. The summed E-state index contributed by atoms with van der Waals surface area (Å²) in [6.45, 7) is -0.322. The number of nitrogens with zero attached hydrogens (tertiary/aromatic N) is 3. The zero-order valence-corrected chi connectivity index (χ0v) is 11.2. The molecule has 0 saturated carbocycles. The average Bonchev–Trinajstić information content (AvgIpc) is 2.97. The lowest BCUT2D eigenvalue weighted by molar-refractivity contribution is -0.116. The SMILES string of the molecule is Cn1nccc1NC(=O)CN1C(=O)c2ccccc2C1=O. The van der Waals surface area contributed by atoms with Gasteiger partial charge in [-0.25, -0.2) is 0 Å². The maximum atomic E-state index is 12.1. The number of amides is 3. The van der Waals surface area contributed by atoms with Crippen molar-refractivity contribution in [2.45, 2.75) is 0 Å². The van der Waals surface area contributed by atoms with Crippen LogP contribution >= 0.6 is 0 Å². The molecule has 3 rings (SSSR count). The van der Waals surface area contributed by atoms with Crippen LogP contribution in [0.25, 0.3) is 0 Å². The van der Waals surface area contributed by atoms with Gasteiger partial charge in [0.15, 0.2) is 0 Å². The second-order valence-corrected chi connectivity index (χ2v) is 4.63. The molecule has 0 fully saturated rings. The van der Waals surface area contributed by atoms with Crippen LogP contribution < -0.4 is 5.32 Å². The van der Waals surface area contributed by atoms with Gasteiger partial charge in [0.25, 0.3) is 11.8 Å². The number of hydrogen-bond donors (Lipinski definition) is 1. The molecule has 21 heavy (non-hydrogen) atoms. The zero-order valence-electron chi connectivity index (χ0n) is 11.2. The van der Waals surface area contributed by atoms with E-state index in [2.05, 4.69) is 10.4 Å². The minimum Gasteiger partial charge on any atom is -0.309 e. The molecular weight excluding hydrogens is 272 g/mol. The third kappa shape index (κ3) is 2.18. The molecule has 106 valence electrons. The van der Waals surface area contributed by atoms with Crippen LogP contribution in [0.15, 0.2) is 36.5 Å². The van der Waals surface area contributed by atoms with Crippen molar-refractivity contribution in [1.29, 1.82) is 0 Å². The lowest BCUT2D eigenvalue weighted by Gasteiger charge is -2.13. The summed E-state index contributed by atoms with van der Waals surface area (Å²) in [6.07, 6.45) is 1.54. The number of aryl methyl sites for hydroxylation is 1. The summed E-state index contributed by atoms with van der Waals surface area (Å²) in [4.78, 5) is 37.1. The Bertz CT molecular complexity index is 715. The van der Waals surface area contributed by atoms with Crippen molar-refractivity contribution in [3.63, 3.8) is 0 Å². The molecule has 0 aliphatic carbocycles. The fraction of sp³-hybridized carbons (Fsp3) is 0.143. The normalized spacial score (nSPS) is 13.5. The first-order chi connectivity index (χ1) is 10.1. The first kappa shape index (κ1) is 13.0. The van der Waals surface area contributed by atoms with Gasteiger partial charge in [0.05, 0.1) is 17.3 Å². The minimum atomic E-state index is -0.451. The average molecular weight is 284 g/mol. The number of carbonyl (C=O) groups excluding carboxylic acids is 3. The first-order valence-corrected chi connectivity index (χ1v) is 6.31. The number of rotatable bonds is 3. The van der Waals surface area contributed by atoms with Gasteiger partial charge in [-0.05, 0) is 12.1 Å². The van der Waals surface area contributed by atoms with E-state index in [1.165, 1.54) is 10.9 Å². The summed E-state index contributed by atoms with van der Waals surface area (Å²) in [5, 5.41) is 6.52. The van der Waals surface area contributed by atoms with Crippen LogP contribution in [0.4, 0.5) is 5.82 Å². The van der Waals surface area contributed by atoms with Gasteiger partial charge < -0.3 is 5.32 Å². The number of hydrogen-bond acceptors (Lipinski definition) is 4.